The lowest BCUT2D eigenvalue weighted by Gasteiger charge is -2.45. The number of rotatable bonds is 13. The zero-order chi connectivity index (χ0) is 29.3. The molecule has 1 rings (SSSR count). The van der Waals surface area contributed by atoms with Gasteiger partial charge in [0.1, 0.15) is 17.7 Å². The molecule has 0 spiro atoms. The van der Waals surface area contributed by atoms with Gasteiger partial charge in [0, 0.05) is 11.6 Å². The average Bonchev–Trinajstić information content (AvgIpc) is 2.83. The highest BCUT2D eigenvalue weighted by atomic mass is 16.6. The first-order valence-electron chi connectivity index (χ1n) is 14.0. The van der Waals surface area contributed by atoms with Crippen molar-refractivity contribution in [3.05, 3.63) is 42.0 Å². The molecule has 0 saturated carbocycles. The Morgan fingerprint density at radius 2 is 1.68 bits per heavy atom. The van der Waals surface area contributed by atoms with Crippen LogP contribution in [0.5, 0.6) is 0 Å². The molecular weight excluding hydrogens is 478 g/mol. The van der Waals surface area contributed by atoms with Crippen LogP contribution in [-0.4, -0.2) is 46.0 Å². The normalized spacial score (nSPS) is 15.0. The summed E-state index contributed by atoms with van der Waals surface area (Å²) >= 11 is 0. The second-order valence-electron chi connectivity index (χ2n) is 11.9. The lowest BCUT2D eigenvalue weighted by molar-refractivity contribution is -0.150. The molecule has 0 saturated heterocycles. The minimum absolute atomic E-state index is 0.0514. The molecule has 0 aromatic heterocycles. The number of carbonyl (C=O) groups is 3. The standard InChI is InChI=1S/C31H51N3O4/c1-12-17-22(6)32-27(35)26(24-19-16-18-23(14-3)20-24)34(31(10,11)15-4)28(36)25(21(5)13-2)33-29(37)38-30(7,8)9/h14,16,18-22,25-26H,3,12-13,15,17H2,1-2,4-11H3,(H,32,35)(H,33,37). The van der Waals surface area contributed by atoms with E-state index in [2.05, 4.69) is 24.1 Å². The second-order valence-corrected chi connectivity index (χ2v) is 11.9. The summed E-state index contributed by atoms with van der Waals surface area (Å²) in [5, 5.41) is 5.96. The van der Waals surface area contributed by atoms with Crippen molar-refractivity contribution in [1.29, 1.82) is 0 Å². The fourth-order valence-electron chi connectivity index (χ4n) is 4.31. The number of hydrogen-bond donors (Lipinski definition) is 2. The Balaban J connectivity index is 3.73. The van der Waals surface area contributed by atoms with Crippen molar-refractivity contribution in [3.63, 3.8) is 0 Å². The minimum atomic E-state index is -0.899. The Hall–Kier alpha value is -2.83. The van der Waals surface area contributed by atoms with E-state index in [0.29, 0.717) is 18.4 Å². The van der Waals surface area contributed by atoms with Gasteiger partial charge in [0.15, 0.2) is 0 Å². The van der Waals surface area contributed by atoms with Gasteiger partial charge in [-0.05, 0) is 77.5 Å². The highest BCUT2D eigenvalue weighted by Gasteiger charge is 2.44. The smallest absolute Gasteiger partial charge is 0.408 e. The third kappa shape index (κ3) is 9.48. The van der Waals surface area contributed by atoms with Crippen molar-refractivity contribution >= 4 is 24.0 Å². The first-order valence-corrected chi connectivity index (χ1v) is 14.0. The molecule has 3 amide bonds. The molecule has 0 aliphatic carbocycles. The molecule has 4 unspecified atom stereocenters. The van der Waals surface area contributed by atoms with Crippen LogP contribution in [0.3, 0.4) is 0 Å². The van der Waals surface area contributed by atoms with E-state index in [1.807, 2.05) is 65.8 Å². The molecule has 0 fully saturated rings. The molecule has 0 aliphatic heterocycles. The van der Waals surface area contributed by atoms with E-state index in [9.17, 15) is 14.4 Å². The van der Waals surface area contributed by atoms with E-state index in [-0.39, 0.29) is 23.8 Å². The van der Waals surface area contributed by atoms with Crippen LogP contribution >= 0.6 is 0 Å². The number of alkyl carbamates (subject to hydrolysis) is 1. The number of nitrogens with one attached hydrogen (secondary N) is 2. The zero-order valence-corrected chi connectivity index (χ0v) is 25.3. The fourth-order valence-corrected chi connectivity index (χ4v) is 4.31. The zero-order valence-electron chi connectivity index (χ0n) is 25.3. The van der Waals surface area contributed by atoms with Crippen LogP contribution in [0.2, 0.25) is 0 Å². The molecule has 2 N–H and O–H groups in total. The predicted molar refractivity (Wildman–Crippen MR) is 156 cm³/mol. The van der Waals surface area contributed by atoms with Crippen molar-refractivity contribution in [2.24, 2.45) is 5.92 Å². The van der Waals surface area contributed by atoms with E-state index < -0.39 is 29.3 Å². The number of carbonyl (C=O) groups excluding carboxylic acids is 3. The topological polar surface area (TPSA) is 87.7 Å². The lowest BCUT2D eigenvalue weighted by Crippen LogP contribution is -2.61. The number of ether oxygens (including phenoxy) is 1. The van der Waals surface area contributed by atoms with Gasteiger partial charge in [-0.1, -0.05) is 71.4 Å². The van der Waals surface area contributed by atoms with E-state index in [4.69, 9.17) is 4.74 Å². The Labute approximate surface area is 230 Å². The maximum Gasteiger partial charge on any atom is 0.408 e. The minimum Gasteiger partial charge on any atom is -0.444 e. The summed E-state index contributed by atoms with van der Waals surface area (Å²) in [6, 6.07) is 5.73. The van der Waals surface area contributed by atoms with Gasteiger partial charge in [-0.15, -0.1) is 0 Å². The SMILES string of the molecule is C=Cc1cccc(C(C(=O)NC(C)CCC)N(C(=O)C(NC(=O)OC(C)(C)C)C(C)CC)C(C)(C)CC)c1. The molecule has 7 nitrogen and oxygen atoms in total. The summed E-state index contributed by atoms with van der Waals surface area (Å²) in [5.74, 6) is -0.751. The predicted octanol–water partition coefficient (Wildman–Crippen LogP) is 6.63. The van der Waals surface area contributed by atoms with Crippen molar-refractivity contribution in [2.45, 2.75) is 124 Å². The third-order valence-corrected chi connectivity index (χ3v) is 6.99. The Bertz CT molecular complexity index is 951. The van der Waals surface area contributed by atoms with Gasteiger partial charge in [-0.2, -0.15) is 0 Å². The van der Waals surface area contributed by atoms with Crippen LogP contribution in [0.25, 0.3) is 6.08 Å². The summed E-state index contributed by atoms with van der Waals surface area (Å²) in [6.45, 7) is 23.1. The molecule has 0 heterocycles. The van der Waals surface area contributed by atoms with Gasteiger partial charge < -0.3 is 20.3 Å². The molecular formula is C31H51N3O4. The lowest BCUT2D eigenvalue weighted by atomic mass is 9.89. The molecule has 1 aromatic carbocycles. The van der Waals surface area contributed by atoms with Crippen molar-refractivity contribution in [1.82, 2.24) is 15.5 Å². The summed E-state index contributed by atoms with van der Waals surface area (Å²) in [5.41, 5.74) is 0.143. The van der Waals surface area contributed by atoms with Gasteiger partial charge >= 0.3 is 6.09 Å². The van der Waals surface area contributed by atoms with Gasteiger partial charge in [0.2, 0.25) is 11.8 Å². The second kappa shape index (κ2) is 14.4. The van der Waals surface area contributed by atoms with E-state index in [1.54, 1.807) is 31.7 Å². The maximum absolute atomic E-state index is 14.5. The Kier molecular flexibility index (Phi) is 12.5. The van der Waals surface area contributed by atoms with Crippen LogP contribution in [-0.2, 0) is 14.3 Å². The largest absolute Gasteiger partial charge is 0.444 e. The third-order valence-electron chi connectivity index (χ3n) is 6.99. The summed E-state index contributed by atoms with van der Waals surface area (Å²) < 4.78 is 5.50. The van der Waals surface area contributed by atoms with Crippen LogP contribution in [0, 0.1) is 5.92 Å². The summed E-state index contributed by atoms with van der Waals surface area (Å²) in [4.78, 5) is 42.9. The van der Waals surface area contributed by atoms with Crippen molar-refractivity contribution in [2.75, 3.05) is 0 Å². The van der Waals surface area contributed by atoms with Crippen LogP contribution in [0.15, 0.2) is 30.8 Å². The fraction of sp³-hybridized carbons (Fsp3) is 0.645. The van der Waals surface area contributed by atoms with E-state index in [1.165, 1.54) is 0 Å². The number of nitrogens with zero attached hydrogens (tertiary/aromatic N) is 1. The van der Waals surface area contributed by atoms with E-state index in [0.717, 1.165) is 18.4 Å². The monoisotopic (exact) mass is 529 g/mol. The van der Waals surface area contributed by atoms with Gasteiger partial charge in [-0.3, -0.25) is 9.59 Å². The maximum atomic E-state index is 14.5. The van der Waals surface area contributed by atoms with Crippen LogP contribution < -0.4 is 10.6 Å². The molecule has 4 atom stereocenters. The molecule has 0 bridgehead atoms. The molecule has 214 valence electrons. The first kappa shape index (κ1) is 33.2. The van der Waals surface area contributed by atoms with Gasteiger partial charge in [-0.25, -0.2) is 4.79 Å². The quantitative estimate of drug-likeness (QED) is 0.300. The highest BCUT2D eigenvalue weighted by Crippen LogP contribution is 2.34. The molecule has 7 heteroatoms. The molecule has 38 heavy (non-hydrogen) atoms. The van der Waals surface area contributed by atoms with Crippen molar-refractivity contribution in [3.8, 4) is 0 Å². The number of amides is 3. The Morgan fingerprint density at radius 1 is 1.05 bits per heavy atom. The van der Waals surface area contributed by atoms with Crippen LogP contribution in [0.4, 0.5) is 4.79 Å². The first-order chi connectivity index (χ1) is 17.6. The highest BCUT2D eigenvalue weighted by molar-refractivity contribution is 5.93. The molecule has 0 aliphatic rings. The van der Waals surface area contributed by atoms with E-state index >= 15 is 0 Å². The van der Waals surface area contributed by atoms with Gasteiger partial charge in [0.25, 0.3) is 0 Å². The number of benzene rings is 1. The van der Waals surface area contributed by atoms with Crippen molar-refractivity contribution < 1.29 is 19.1 Å². The average molecular weight is 530 g/mol. The summed E-state index contributed by atoms with van der Waals surface area (Å²) in [7, 11) is 0. The van der Waals surface area contributed by atoms with Gasteiger partial charge in [0.05, 0.1) is 0 Å². The van der Waals surface area contributed by atoms with Crippen LogP contribution in [0.1, 0.15) is 112 Å². The molecule has 1 aromatic rings. The Morgan fingerprint density at radius 3 is 2.18 bits per heavy atom. The number of hydrogen-bond acceptors (Lipinski definition) is 4. The summed E-state index contributed by atoms with van der Waals surface area (Å²) in [6.07, 6.45) is 4.08. The molecule has 0 radical (unpaired) electrons.